The minimum atomic E-state index is -0.325. The lowest BCUT2D eigenvalue weighted by atomic mass is 10.1. The maximum Gasteiger partial charge on any atom is 0.164 e. The van der Waals surface area contributed by atoms with Crippen molar-refractivity contribution in [1.82, 2.24) is 15.0 Å². The standard InChI is InChI=1S/C21H13BrFN3/c22-17-13-16(11-12-18(17)23)21-25-19(14-7-3-1-4-8-14)24-20(26-21)15-9-5-2-6-10-15/h1-13H. The number of hydrogen-bond donors (Lipinski definition) is 0. The van der Waals surface area contributed by atoms with E-state index in [9.17, 15) is 4.39 Å². The number of benzene rings is 3. The molecule has 0 aliphatic rings. The predicted molar refractivity (Wildman–Crippen MR) is 104 cm³/mol. The summed E-state index contributed by atoms with van der Waals surface area (Å²) in [7, 11) is 0. The van der Waals surface area contributed by atoms with Gasteiger partial charge in [-0.2, -0.15) is 0 Å². The summed E-state index contributed by atoms with van der Waals surface area (Å²) in [5, 5.41) is 0. The average molecular weight is 406 g/mol. The Balaban J connectivity index is 1.92. The summed E-state index contributed by atoms with van der Waals surface area (Å²) in [5.74, 6) is 1.33. The summed E-state index contributed by atoms with van der Waals surface area (Å²) in [6, 6.07) is 24.2. The maximum absolute atomic E-state index is 13.6. The molecule has 4 rings (SSSR count). The van der Waals surface area contributed by atoms with E-state index < -0.39 is 0 Å². The summed E-state index contributed by atoms with van der Waals surface area (Å²) in [5.41, 5.74) is 2.51. The first-order chi connectivity index (χ1) is 12.7. The maximum atomic E-state index is 13.6. The molecular weight excluding hydrogens is 393 g/mol. The van der Waals surface area contributed by atoms with Gasteiger partial charge in [0.1, 0.15) is 5.82 Å². The molecule has 0 saturated carbocycles. The van der Waals surface area contributed by atoms with Crippen LogP contribution in [0.25, 0.3) is 34.2 Å². The van der Waals surface area contributed by atoms with Crippen LogP contribution in [0.15, 0.2) is 83.3 Å². The van der Waals surface area contributed by atoms with Crippen molar-refractivity contribution in [3.05, 3.63) is 89.2 Å². The third kappa shape index (κ3) is 3.39. The Hall–Kier alpha value is -2.92. The molecule has 0 spiro atoms. The molecule has 4 aromatic rings. The third-order valence-electron chi connectivity index (χ3n) is 3.88. The molecule has 0 unspecified atom stereocenters. The third-order valence-corrected chi connectivity index (χ3v) is 4.48. The highest BCUT2D eigenvalue weighted by Crippen LogP contribution is 2.27. The van der Waals surface area contributed by atoms with Gasteiger partial charge in [-0.05, 0) is 34.1 Å². The molecule has 3 nitrogen and oxygen atoms in total. The van der Waals surface area contributed by atoms with E-state index in [4.69, 9.17) is 0 Å². The van der Waals surface area contributed by atoms with Crippen molar-refractivity contribution < 1.29 is 4.39 Å². The van der Waals surface area contributed by atoms with Crippen LogP contribution in [0, 0.1) is 5.82 Å². The lowest BCUT2D eigenvalue weighted by Crippen LogP contribution is -2.00. The van der Waals surface area contributed by atoms with Gasteiger partial charge in [0, 0.05) is 16.7 Å². The SMILES string of the molecule is Fc1ccc(-c2nc(-c3ccccc3)nc(-c3ccccc3)n2)cc1Br. The number of aromatic nitrogens is 3. The molecule has 3 aromatic carbocycles. The van der Waals surface area contributed by atoms with E-state index >= 15 is 0 Å². The van der Waals surface area contributed by atoms with Crippen LogP contribution in [0.4, 0.5) is 4.39 Å². The molecule has 5 heteroatoms. The summed E-state index contributed by atoms with van der Waals surface area (Å²) < 4.78 is 14.0. The van der Waals surface area contributed by atoms with Crippen LogP contribution >= 0.6 is 15.9 Å². The molecule has 0 saturated heterocycles. The van der Waals surface area contributed by atoms with Crippen LogP contribution in [-0.2, 0) is 0 Å². The van der Waals surface area contributed by atoms with Crippen LogP contribution in [-0.4, -0.2) is 15.0 Å². The molecule has 26 heavy (non-hydrogen) atoms. The van der Waals surface area contributed by atoms with E-state index in [1.165, 1.54) is 6.07 Å². The summed E-state index contributed by atoms with van der Waals surface area (Å²) in [6.45, 7) is 0. The highest BCUT2D eigenvalue weighted by molar-refractivity contribution is 9.10. The van der Waals surface area contributed by atoms with Crippen molar-refractivity contribution in [3.63, 3.8) is 0 Å². The average Bonchev–Trinajstić information content (AvgIpc) is 2.71. The van der Waals surface area contributed by atoms with Crippen LogP contribution in [0.1, 0.15) is 0 Å². The zero-order chi connectivity index (χ0) is 17.9. The summed E-state index contributed by atoms with van der Waals surface area (Å²) in [4.78, 5) is 13.8. The second-order valence-corrected chi connectivity index (χ2v) is 6.52. The van der Waals surface area contributed by atoms with E-state index in [1.807, 2.05) is 60.7 Å². The predicted octanol–water partition coefficient (Wildman–Crippen LogP) is 5.77. The topological polar surface area (TPSA) is 38.7 Å². The number of nitrogens with zero attached hydrogens (tertiary/aromatic N) is 3. The molecule has 0 fully saturated rings. The van der Waals surface area contributed by atoms with Gasteiger partial charge in [-0.25, -0.2) is 19.3 Å². The Bertz CT molecular complexity index is 996. The van der Waals surface area contributed by atoms with Crippen LogP contribution in [0.2, 0.25) is 0 Å². The Kier molecular flexibility index (Phi) is 4.54. The first kappa shape index (κ1) is 16.5. The van der Waals surface area contributed by atoms with Crippen molar-refractivity contribution in [2.45, 2.75) is 0 Å². The van der Waals surface area contributed by atoms with Gasteiger partial charge in [-0.15, -0.1) is 0 Å². The van der Waals surface area contributed by atoms with E-state index in [1.54, 1.807) is 12.1 Å². The van der Waals surface area contributed by atoms with Crippen LogP contribution in [0.3, 0.4) is 0 Å². The molecule has 0 aliphatic heterocycles. The zero-order valence-electron chi connectivity index (χ0n) is 13.6. The highest BCUT2D eigenvalue weighted by Gasteiger charge is 2.12. The van der Waals surface area contributed by atoms with E-state index in [0.717, 1.165) is 16.7 Å². The van der Waals surface area contributed by atoms with Crippen molar-refractivity contribution in [3.8, 4) is 34.2 Å². The van der Waals surface area contributed by atoms with Crippen LogP contribution in [0.5, 0.6) is 0 Å². The molecular formula is C21H13BrFN3. The quantitative estimate of drug-likeness (QED) is 0.433. The van der Waals surface area contributed by atoms with Crippen molar-refractivity contribution >= 4 is 15.9 Å². The normalized spacial score (nSPS) is 10.7. The lowest BCUT2D eigenvalue weighted by molar-refractivity contribution is 0.621. The highest BCUT2D eigenvalue weighted by atomic mass is 79.9. The smallest absolute Gasteiger partial charge is 0.164 e. The van der Waals surface area contributed by atoms with Gasteiger partial charge in [0.15, 0.2) is 17.5 Å². The second kappa shape index (κ2) is 7.14. The fourth-order valence-corrected chi connectivity index (χ4v) is 2.95. The van der Waals surface area contributed by atoms with Gasteiger partial charge in [-0.1, -0.05) is 60.7 Å². The molecule has 1 aromatic heterocycles. The number of hydrogen-bond acceptors (Lipinski definition) is 3. The van der Waals surface area contributed by atoms with Crippen LogP contribution < -0.4 is 0 Å². The molecule has 0 N–H and O–H groups in total. The molecule has 0 aliphatic carbocycles. The minimum absolute atomic E-state index is 0.325. The van der Waals surface area contributed by atoms with Gasteiger partial charge < -0.3 is 0 Å². The fraction of sp³-hybridized carbons (Fsp3) is 0. The largest absolute Gasteiger partial charge is 0.208 e. The van der Waals surface area contributed by atoms with Gasteiger partial charge in [0.2, 0.25) is 0 Å². The lowest BCUT2D eigenvalue weighted by Gasteiger charge is -2.08. The number of rotatable bonds is 3. The summed E-state index contributed by atoms with van der Waals surface area (Å²) >= 11 is 3.22. The minimum Gasteiger partial charge on any atom is -0.208 e. The molecule has 0 bridgehead atoms. The Labute approximate surface area is 158 Å². The molecule has 0 amide bonds. The molecule has 0 radical (unpaired) electrons. The Morgan fingerprint density at radius 1 is 0.577 bits per heavy atom. The van der Waals surface area contributed by atoms with E-state index in [2.05, 4.69) is 30.9 Å². The first-order valence-electron chi connectivity index (χ1n) is 8.03. The molecule has 1 heterocycles. The zero-order valence-corrected chi connectivity index (χ0v) is 15.2. The van der Waals surface area contributed by atoms with E-state index in [-0.39, 0.29) is 5.82 Å². The Morgan fingerprint density at radius 3 is 1.50 bits per heavy atom. The molecule has 126 valence electrons. The first-order valence-corrected chi connectivity index (χ1v) is 8.82. The second-order valence-electron chi connectivity index (χ2n) is 5.67. The monoisotopic (exact) mass is 405 g/mol. The van der Waals surface area contributed by atoms with Crippen molar-refractivity contribution in [1.29, 1.82) is 0 Å². The molecule has 0 atom stereocenters. The fourth-order valence-electron chi connectivity index (χ4n) is 2.57. The number of halogens is 2. The van der Waals surface area contributed by atoms with Gasteiger partial charge >= 0.3 is 0 Å². The Morgan fingerprint density at radius 2 is 1.04 bits per heavy atom. The van der Waals surface area contributed by atoms with Gasteiger partial charge in [0.25, 0.3) is 0 Å². The van der Waals surface area contributed by atoms with Gasteiger partial charge in [0.05, 0.1) is 4.47 Å². The van der Waals surface area contributed by atoms with Crippen molar-refractivity contribution in [2.75, 3.05) is 0 Å². The summed E-state index contributed by atoms with van der Waals surface area (Å²) in [6.07, 6.45) is 0. The van der Waals surface area contributed by atoms with Crippen molar-refractivity contribution in [2.24, 2.45) is 0 Å². The van der Waals surface area contributed by atoms with Gasteiger partial charge in [-0.3, -0.25) is 0 Å². The van der Waals surface area contributed by atoms with E-state index in [0.29, 0.717) is 21.9 Å².